The van der Waals surface area contributed by atoms with Gasteiger partial charge in [-0.3, -0.25) is 19.2 Å². The Morgan fingerprint density at radius 2 is 1.30 bits per heavy atom. The molecular weight excluding hydrogens is 1210 g/mol. The second-order valence-corrected chi connectivity index (χ2v) is 27.3. The summed E-state index contributed by atoms with van der Waals surface area (Å²) in [6.45, 7) is 21.4. The average molecular weight is 1320 g/mol. The van der Waals surface area contributed by atoms with E-state index in [0.717, 1.165) is 49.8 Å². The van der Waals surface area contributed by atoms with Crippen LogP contribution in [0, 0.1) is 0 Å². The number of nitrogens with zero attached hydrogens (tertiary/aromatic N) is 2. The van der Waals surface area contributed by atoms with Gasteiger partial charge in [-0.05, 0) is 144 Å². The molecule has 11 N–H and O–H groups in total. The van der Waals surface area contributed by atoms with Crippen molar-refractivity contribution in [3.8, 4) is 22.6 Å². The zero-order chi connectivity index (χ0) is 69.8. The standard InChI is InChI=1S/C65H102N8O20/c1-15-16-17-18-19-20-21-24-32-73(60(85)92-64(8,9)10)33-30-47(75)68-42(25-22-23-31-67-58(83)90-62(2,3)4)55(80)72(14)49-39-27-29-44(87-57-48(70-59(84)91-63(5,6)7)51(77)50(76)46(37-74)88-57)41(36-39)40-34-38(26-28-45(40)89-61(86)93-65(11,12)13)35-43(56(81)82)69-54(79)52(66)71-53(49)78/h26-29,34,36,42-43,46,48-52,57,74,76-77H,15-25,30-33,35,37,66H2,1-14H3,(H,67,83)(H,68,75)(H,69,79)(H,70,84)(H,71,78)(H,81,82)/t42-,43-,46+,48+,49-,50+,51+,52+,57?/m0/s1. The van der Waals surface area contributed by atoms with E-state index < -0.39 is 144 Å². The van der Waals surface area contributed by atoms with Crippen molar-refractivity contribution in [1.29, 1.82) is 0 Å². The molecule has 0 spiro atoms. The second kappa shape index (κ2) is 35.1. The van der Waals surface area contributed by atoms with Gasteiger partial charge < -0.3 is 95.7 Å². The largest absolute Gasteiger partial charge is 0.514 e. The van der Waals surface area contributed by atoms with Gasteiger partial charge in [0.25, 0.3) is 5.91 Å². The van der Waals surface area contributed by atoms with Gasteiger partial charge in [-0.25, -0.2) is 24.0 Å². The van der Waals surface area contributed by atoms with Gasteiger partial charge in [0.15, 0.2) is 6.17 Å². The van der Waals surface area contributed by atoms with Crippen LogP contribution in [0.25, 0.3) is 11.1 Å². The number of carboxylic acids is 1. The number of unbranched alkanes of at least 4 members (excludes halogenated alkanes) is 8. The molecule has 7 amide bonds. The lowest BCUT2D eigenvalue weighted by Crippen LogP contribution is -2.65. The number of carbonyl (C=O) groups excluding carboxylic acids is 8. The molecule has 28 nitrogen and oxygen atoms in total. The minimum Gasteiger partial charge on any atom is -0.480 e. The van der Waals surface area contributed by atoms with Crippen LogP contribution >= 0.6 is 0 Å². The fourth-order valence-corrected chi connectivity index (χ4v) is 10.0. The number of benzene rings is 2. The zero-order valence-electron chi connectivity index (χ0n) is 56.5. The Balaban J connectivity index is 1.94. The Hall–Kier alpha value is -7.53. The lowest BCUT2D eigenvalue weighted by Gasteiger charge is -2.42. The quantitative estimate of drug-likeness (QED) is 0.0212. The lowest BCUT2D eigenvalue weighted by atomic mass is 9.93. The molecule has 4 bridgehead atoms. The number of likely N-dealkylation sites (N-methyl/N-ethyl adjacent to an activating group) is 1. The normalized spacial score (nSPS) is 20.6. The minimum atomic E-state index is -1.94. The predicted octanol–water partition coefficient (Wildman–Crippen LogP) is 6.35. The van der Waals surface area contributed by atoms with E-state index in [1.54, 1.807) is 83.1 Å². The summed E-state index contributed by atoms with van der Waals surface area (Å²) in [5, 5.41) is 56.1. The summed E-state index contributed by atoms with van der Waals surface area (Å²) in [5.41, 5.74) is 2.47. The number of hydrogen-bond donors (Lipinski definition) is 10. The van der Waals surface area contributed by atoms with Gasteiger partial charge in [0.1, 0.15) is 76.4 Å². The van der Waals surface area contributed by atoms with E-state index in [2.05, 4.69) is 33.5 Å². The van der Waals surface area contributed by atoms with Crippen molar-refractivity contribution in [2.75, 3.05) is 33.3 Å². The molecule has 1 saturated heterocycles. The average Bonchev–Trinajstić information content (AvgIpc) is 0.783. The first kappa shape index (κ1) is 77.9. The SMILES string of the molecule is CCCCCCCCCCN(CCC(=O)N[C@@H](CCCCNC(=O)OC(C)(C)C)C(=O)N(C)[C@@H]1C(=O)N[C@@H](N)C(=O)N[C@H](C(=O)O)Cc2ccc(OC(=O)OC(C)(C)C)c(c2)-c2cc1ccc2OC1O[C@H](CO)[C@@H](O)[C@H](O)[C@H]1NC(=O)OC(C)(C)C)C(=O)OC(C)(C)C. The monoisotopic (exact) mass is 1310 g/mol. The Morgan fingerprint density at radius 3 is 1.90 bits per heavy atom. The van der Waals surface area contributed by atoms with Crippen LogP contribution < -0.4 is 41.8 Å². The van der Waals surface area contributed by atoms with Crippen LogP contribution in [0.1, 0.15) is 184 Å². The number of hydrogen-bond acceptors (Lipinski definition) is 20. The van der Waals surface area contributed by atoms with Crippen molar-refractivity contribution in [1.82, 2.24) is 36.4 Å². The first-order valence-electron chi connectivity index (χ1n) is 31.9. The van der Waals surface area contributed by atoms with Gasteiger partial charge in [0.2, 0.25) is 24.0 Å². The van der Waals surface area contributed by atoms with Crippen LogP contribution in [0.4, 0.5) is 19.2 Å². The number of aliphatic hydroxyl groups is 3. The van der Waals surface area contributed by atoms with Crippen LogP contribution in [0.15, 0.2) is 36.4 Å². The third-order valence-corrected chi connectivity index (χ3v) is 14.4. The van der Waals surface area contributed by atoms with Crippen molar-refractivity contribution in [3.63, 3.8) is 0 Å². The summed E-state index contributed by atoms with van der Waals surface area (Å²) < 4.78 is 40.5. The van der Waals surface area contributed by atoms with Crippen molar-refractivity contribution in [3.05, 3.63) is 47.5 Å². The maximum absolute atomic E-state index is 15.4. The number of aliphatic carboxylic acids is 1. The molecule has 2 aromatic carbocycles. The molecule has 4 rings (SSSR count). The summed E-state index contributed by atoms with van der Waals surface area (Å²) in [7, 11) is 1.24. The number of nitrogens with two attached hydrogens (primary N) is 1. The molecule has 0 aliphatic carbocycles. The summed E-state index contributed by atoms with van der Waals surface area (Å²) in [6.07, 6.45) is -4.83. The van der Waals surface area contributed by atoms with Crippen LogP contribution in [0.5, 0.6) is 11.5 Å². The number of amides is 7. The Bertz CT molecular complexity index is 2860. The third-order valence-electron chi connectivity index (χ3n) is 14.4. The van der Waals surface area contributed by atoms with Gasteiger partial charge in [-0.2, -0.15) is 0 Å². The van der Waals surface area contributed by atoms with E-state index in [0.29, 0.717) is 6.42 Å². The number of aliphatic hydroxyl groups excluding tert-OH is 3. The van der Waals surface area contributed by atoms with Gasteiger partial charge in [0, 0.05) is 50.7 Å². The van der Waals surface area contributed by atoms with E-state index in [9.17, 15) is 54.0 Å². The van der Waals surface area contributed by atoms with Gasteiger partial charge in [0.05, 0.1) is 6.61 Å². The fraction of sp³-hybridized carbons (Fsp3) is 0.677. The number of carbonyl (C=O) groups is 9. The number of nitrogens with one attached hydrogen (secondary N) is 5. The van der Waals surface area contributed by atoms with E-state index in [1.807, 2.05) is 0 Å². The van der Waals surface area contributed by atoms with E-state index >= 15 is 9.59 Å². The molecule has 2 aromatic rings. The van der Waals surface area contributed by atoms with Crippen molar-refractivity contribution >= 4 is 54.0 Å². The summed E-state index contributed by atoms with van der Waals surface area (Å²) in [4.78, 5) is 127. The molecule has 2 aliphatic heterocycles. The summed E-state index contributed by atoms with van der Waals surface area (Å²) >= 11 is 0. The zero-order valence-corrected chi connectivity index (χ0v) is 56.5. The highest BCUT2D eigenvalue weighted by molar-refractivity contribution is 5.96. The molecule has 0 saturated carbocycles. The molecular formula is C65H102N8O20. The molecule has 1 fully saturated rings. The van der Waals surface area contributed by atoms with E-state index in [4.69, 9.17) is 38.9 Å². The van der Waals surface area contributed by atoms with Gasteiger partial charge >= 0.3 is 30.4 Å². The maximum atomic E-state index is 15.4. The molecule has 2 heterocycles. The number of alkyl carbamates (subject to hydrolysis) is 2. The highest BCUT2D eigenvalue weighted by atomic mass is 16.7. The predicted molar refractivity (Wildman–Crippen MR) is 340 cm³/mol. The first-order chi connectivity index (χ1) is 43.3. The van der Waals surface area contributed by atoms with Crippen molar-refractivity contribution < 1.29 is 96.7 Å². The Kier molecular flexibility index (Phi) is 29.4. The summed E-state index contributed by atoms with van der Waals surface area (Å²) in [6, 6.07) is 1.43. The summed E-state index contributed by atoms with van der Waals surface area (Å²) in [5.74, 6) is -5.80. The molecule has 1 unspecified atom stereocenters. The maximum Gasteiger partial charge on any atom is 0.514 e. The molecule has 0 aromatic heterocycles. The fourth-order valence-electron chi connectivity index (χ4n) is 10.0. The smallest absolute Gasteiger partial charge is 0.480 e. The Morgan fingerprint density at radius 1 is 0.710 bits per heavy atom. The van der Waals surface area contributed by atoms with Gasteiger partial charge in [-0.15, -0.1) is 0 Å². The number of ether oxygens (including phenoxy) is 7. The number of carboxylic acid groups (broad SMARTS) is 1. The van der Waals surface area contributed by atoms with Crippen molar-refractivity contribution in [2.24, 2.45) is 5.73 Å². The van der Waals surface area contributed by atoms with E-state index in [1.165, 1.54) is 48.3 Å². The minimum absolute atomic E-state index is 0.0651. The van der Waals surface area contributed by atoms with Crippen LogP contribution in [0.3, 0.4) is 0 Å². The number of fused-ring (bicyclic) bond motifs is 5. The molecule has 2 aliphatic rings. The molecule has 0 radical (unpaired) electrons. The third kappa shape index (κ3) is 26.4. The van der Waals surface area contributed by atoms with E-state index in [-0.39, 0.29) is 79.1 Å². The number of rotatable bonds is 26. The molecule has 522 valence electrons. The molecule has 9 atom stereocenters. The van der Waals surface area contributed by atoms with Crippen molar-refractivity contribution in [2.45, 2.75) is 251 Å². The first-order valence-corrected chi connectivity index (χ1v) is 31.9. The molecule has 28 heteroatoms. The lowest BCUT2D eigenvalue weighted by molar-refractivity contribution is -0.243. The van der Waals surface area contributed by atoms with Crippen LogP contribution in [-0.2, 0) is 54.1 Å². The Labute approximate surface area is 545 Å². The van der Waals surface area contributed by atoms with Crippen LogP contribution in [0.2, 0.25) is 0 Å². The topological polar surface area (TPSA) is 392 Å². The highest BCUT2D eigenvalue weighted by Gasteiger charge is 2.48. The highest BCUT2D eigenvalue weighted by Crippen LogP contribution is 2.42. The second-order valence-electron chi connectivity index (χ2n) is 27.3. The van der Waals surface area contributed by atoms with Gasteiger partial charge in [-0.1, -0.05) is 64.0 Å². The van der Waals surface area contributed by atoms with Crippen LogP contribution in [-0.4, -0.2) is 189 Å². The molecule has 93 heavy (non-hydrogen) atoms.